The number of halogens is 1. The van der Waals surface area contributed by atoms with Crippen LogP contribution in [0.3, 0.4) is 0 Å². The summed E-state index contributed by atoms with van der Waals surface area (Å²) in [6.45, 7) is 0. The molecule has 2 heteroatoms. The first-order valence-corrected chi connectivity index (χ1v) is 6.51. The van der Waals surface area contributed by atoms with Gasteiger partial charge in [-0.1, -0.05) is 52.2 Å². The van der Waals surface area contributed by atoms with Crippen LogP contribution in [-0.2, 0) is 0 Å². The van der Waals surface area contributed by atoms with Crippen molar-refractivity contribution in [3.05, 3.63) is 64.6 Å². The molecule has 1 unspecified atom stereocenters. The van der Waals surface area contributed by atoms with Crippen molar-refractivity contribution in [1.82, 2.24) is 0 Å². The average molecular weight is 300 g/mol. The fourth-order valence-electron chi connectivity index (χ4n) is 1.89. The molecule has 0 radical (unpaired) electrons. The molecule has 0 bridgehead atoms. The first-order chi connectivity index (χ1) is 8.72. The van der Waals surface area contributed by atoms with Crippen LogP contribution in [0.5, 0.6) is 0 Å². The van der Waals surface area contributed by atoms with Gasteiger partial charge in [0.15, 0.2) is 0 Å². The Hall–Kier alpha value is -1.72. The van der Waals surface area contributed by atoms with E-state index < -0.39 is 0 Å². The summed E-state index contributed by atoms with van der Waals surface area (Å²) in [4.78, 5) is 2.10. The Morgan fingerprint density at radius 1 is 1.06 bits per heavy atom. The van der Waals surface area contributed by atoms with Crippen LogP contribution in [0, 0.1) is 12.3 Å². The number of terminal acetylenes is 1. The lowest BCUT2D eigenvalue weighted by atomic mass is 10.1. The van der Waals surface area contributed by atoms with Crippen LogP contribution >= 0.6 is 15.9 Å². The van der Waals surface area contributed by atoms with E-state index in [4.69, 9.17) is 6.42 Å². The Morgan fingerprint density at radius 2 is 1.67 bits per heavy atom. The molecule has 90 valence electrons. The molecule has 0 saturated heterocycles. The van der Waals surface area contributed by atoms with E-state index in [9.17, 15) is 0 Å². The minimum Gasteiger partial charge on any atom is -0.357 e. The van der Waals surface area contributed by atoms with Gasteiger partial charge in [0.05, 0.1) is 0 Å². The summed E-state index contributed by atoms with van der Waals surface area (Å²) in [5, 5.41) is 0. The molecule has 1 atom stereocenters. The molecular formula is C16H14BrN. The van der Waals surface area contributed by atoms with E-state index in [1.54, 1.807) is 0 Å². The number of benzene rings is 2. The van der Waals surface area contributed by atoms with Gasteiger partial charge < -0.3 is 4.90 Å². The summed E-state index contributed by atoms with van der Waals surface area (Å²) < 4.78 is 1.06. The maximum atomic E-state index is 5.68. The van der Waals surface area contributed by atoms with E-state index in [0.29, 0.717) is 0 Å². The maximum Gasteiger partial charge on any atom is 0.115 e. The molecule has 0 heterocycles. The Bertz CT molecular complexity index is 540. The number of nitrogens with zero attached hydrogens (tertiary/aromatic N) is 1. The summed E-state index contributed by atoms with van der Waals surface area (Å²) in [6.07, 6.45) is 5.68. The second-order valence-corrected chi connectivity index (χ2v) is 4.98. The van der Waals surface area contributed by atoms with E-state index in [0.717, 1.165) is 15.7 Å². The molecule has 2 rings (SSSR count). The van der Waals surface area contributed by atoms with Crippen molar-refractivity contribution in [1.29, 1.82) is 0 Å². The van der Waals surface area contributed by atoms with Gasteiger partial charge in [0.25, 0.3) is 0 Å². The van der Waals surface area contributed by atoms with Crippen molar-refractivity contribution in [2.45, 2.75) is 6.04 Å². The highest BCUT2D eigenvalue weighted by Gasteiger charge is 2.14. The highest BCUT2D eigenvalue weighted by Crippen LogP contribution is 2.25. The summed E-state index contributed by atoms with van der Waals surface area (Å²) >= 11 is 3.43. The van der Waals surface area contributed by atoms with Crippen LogP contribution in [0.15, 0.2) is 59.1 Å². The molecule has 0 fully saturated rings. The Morgan fingerprint density at radius 3 is 2.22 bits per heavy atom. The molecule has 0 aromatic heterocycles. The minimum atomic E-state index is -0.0551. The first kappa shape index (κ1) is 12.7. The molecule has 18 heavy (non-hydrogen) atoms. The number of hydrogen-bond donors (Lipinski definition) is 0. The highest BCUT2D eigenvalue weighted by atomic mass is 79.9. The van der Waals surface area contributed by atoms with E-state index >= 15 is 0 Å². The lowest BCUT2D eigenvalue weighted by Crippen LogP contribution is -2.22. The molecule has 0 saturated carbocycles. The van der Waals surface area contributed by atoms with Gasteiger partial charge in [-0.2, -0.15) is 0 Å². The third kappa shape index (κ3) is 2.75. The molecule has 0 aliphatic carbocycles. The summed E-state index contributed by atoms with van der Waals surface area (Å²) in [6, 6.07) is 18.2. The van der Waals surface area contributed by atoms with Crippen molar-refractivity contribution in [2.75, 3.05) is 11.9 Å². The SMILES string of the molecule is C#CC(c1ccc(Br)cc1)N(C)c1ccccc1. The van der Waals surface area contributed by atoms with Gasteiger partial charge in [-0.15, -0.1) is 6.42 Å². The van der Waals surface area contributed by atoms with Crippen molar-refractivity contribution in [3.63, 3.8) is 0 Å². The van der Waals surface area contributed by atoms with Crippen molar-refractivity contribution in [3.8, 4) is 12.3 Å². The van der Waals surface area contributed by atoms with Crippen LogP contribution in [-0.4, -0.2) is 7.05 Å². The molecular weight excluding hydrogens is 286 g/mol. The Labute approximate surface area is 117 Å². The van der Waals surface area contributed by atoms with Gasteiger partial charge in [-0.25, -0.2) is 0 Å². The Balaban J connectivity index is 2.30. The molecule has 0 amide bonds. The van der Waals surface area contributed by atoms with Crippen molar-refractivity contribution >= 4 is 21.6 Å². The van der Waals surface area contributed by atoms with Gasteiger partial charge in [0.1, 0.15) is 6.04 Å². The van der Waals surface area contributed by atoms with E-state index in [2.05, 4.69) is 38.9 Å². The van der Waals surface area contributed by atoms with Gasteiger partial charge in [0.2, 0.25) is 0 Å². The molecule has 2 aromatic rings. The number of para-hydroxylation sites is 1. The van der Waals surface area contributed by atoms with Gasteiger partial charge in [0, 0.05) is 17.2 Å². The van der Waals surface area contributed by atoms with Crippen LogP contribution in [0.2, 0.25) is 0 Å². The fraction of sp³-hybridized carbons (Fsp3) is 0.125. The summed E-state index contributed by atoms with van der Waals surface area (Å²) in [5.41, 5.74) is 2.23. The predicted molar refractivity (Wildman–Crippen MR) is 80.6 cm³/mol. The van der Waals surface area contributed by atoms with Gasteiger partial charge in [-0.3, -0.25) is 0 Å². The molecule has 0 aliphatic rings. The van der Waals surface area contributed by atoms with Crippen LogP contribution in [0.1, 0.15) is 11.6 Å². The standard InChI is InChI=1S/C16H14BrN/c1-3-16(13-9-11-14(17)12-10-13)18(2)15-7-5-4-6-8-15/h1,4-12,16H,2H3. The number of anilines is 1. The zero-order chi connectivity index (χ0) is 13.0. The lowest BCUT2D eigenvalue weighted by Gasteiger charge is -2.26. The Kier molecular flexibility index (Phi) is 4.07. The monoisotopic (exact) mass is 299 g/mol. The van der Waals surface area contributed by atoms with E-state index in [1.165, 1.54) is 0 Å². The van der Waals surface area contributed by atoms with Gasteiger partial charge >= 0.3 is 0 Å². The van der Waals surface area contributed by atoms with Gasteiger partial charge in [-0.05, 0) is 29.8 Å². The topological polar surface area (TPSA) is 3.24 Å². The highest BCUT2D eigenvalue weighted by molar-refractivity contribution is 9.10. The van der Waals surface area contributed by atoms with Crippen molar-refractivity contribution in [2.24, 2.45) is 0 Å². The second-order valence-electron chi connectivity index (χ2n) is 4.07. The minimum absolute atomic E-state index is 0.0551. The maximum absolute atomic E-state index is 5.68. The fourth-order valence-corrected chi connectivity index (χ4v) is 2.15. The second kappa shape index (κ2) is 5.75. The zero-order valence-electron chi connectivity index (χ0n) is 10.2. The number of hydrogen-bond acceptors (Lipinski definition) is 1. The smallest absolute Gasteiger partial charge is 0.115 e. The van der Waals surface area contributed by atoms with Crippen LogP contribution in [0.25, 0.3) is 0 Å². The first-order valence-electron chi connectivity index (χ1n) is 5.72. The predicted octanol–water partition coefficient (Wildman–Crippen LogP) is 4.26. The largest absolute Gasteiger partial charge is 0.357 e. The summed E-state index contributed by atoms with van der Waals surface area (Å²) in [7, 11) is 2.02. The van der Waals surface area contributed by atoms with Crippen molar-refractivity contribution < 1.29 is 0 Å². The quantitative estimate of drug-likeness (QED) is 0.766. The third-order valence-corrected chi connectivity index (χ3v) is 3.42. The van der Waals surface area contributed by atoms with E-state index in [1.807, 2.05) is 49.5 Å². The average Bonchev–Trinajstić information content (AvgIpc) is 2.42. The molecule has 1 nitrogen and oxygen atoms in total. The van der Waals surface area contributed by atoms with Crippen LogP contribution < -0.4 is 4.90 Å². The normalized spacial score (nSPS) is 11.6. The molecule has 2 aromatic carbocycles. The zero-order valence-corrected chi connectivity index (χ0v) is 11.8. The molecule has 0 N–H and O–H groups in total. The summed E-state index contributed by atoms with van der Waals surface area (Å²) in [5.74, 6) is 2.85. The third-order valence-electron chi connectivity index (χ3n) is 2.89. The molecule has 0 aliphatic heterocycles. The molecule has 0 spiro atoms. The van der Waals surface area contributed by atoms with E-state index in [-0.39, 0.29) is 6.04 Å². The van der Waals surface area contributed by atoms with Crippen LogP contribution in [0.4, 0.5) is 5.69 Å². The number of rotatable bonds is 3. The lowest BCUT2D eigenvalue weighted by molar-refractivity contribution is 0.835.